The Morgan fingerprint density at radius 2 is 1.93 bits per heavy atom. The molecule has 3 rings (SSSR count). The average molecular weight is 456 g/mol. The van der Waals surface area contributed by atoms with Crippen molar-refractivity contribution in [2.45, 2.75) is 43.6 Å². The summed E-state index contributed by atoms with van der Waals surface area (Å²) in [6, 6.07) is 2.53. The average Bonchev–Trinajstić information content (AvgIpc) is 3.15. The van der Waals surface area contributed by atoms with Crippen LogP contribution < -0.4 is 0 Å². The van der Waals surface area contributed by atoms with Gasteiger partial charge in [0.1, 0.15) is 5.92 Å². The highest BCUT2D eigenvalue weighted by molar-refractivity contribution is 7.91. The number of halogens is 1. The fourth-order valence-corrected chi connectivity index (χ4v) is 5.18. The lowest BCUT2D eigenvalue weighted by Gasteiger charge is -2.20. The lowest BCUT2D eigenvalue weighted by Crippen LogP contribution is -2.35. The van der Waals surface area contributed by atoms with Crippen LogP contribution in [0.4, 0.5) is 0 Å². The lowest BCUT2D eigenvalue weighted by molar-refractivity contribution is -0.133. The van der Waals surface area contributed by atoms with Crippen molar-refractivity contribution in [3.63, 3.8) is 0 Å². The number of oxime groups is 1. The Kier molecular flexibility index (Phi) is 6.74. The number of ketones is 3. The number of ether oxygens (including phenoxy) is 1. The minimum absolute atomic E-state index is 0.0682. The molecule has 1 heterocycles. The van der Waals surface area contributed by atoms with Gasteiger partial charge >= 0.3 is 0 Å². The topological polar surface area (TPSA) is 116 Å². The summed E-state index contributed by atoms with van der Waals surface area (Å²) in [7, 11) is -2.21. The molecule has 0 bridgehead atoms. The highest BCUT2D eigenvalue weighted by atomic mass is 35.5. The SMILES string of the molecule is CCS(=O)(=O)c1ccc(C(=O)C2C(=O)CCCC2=O)c(Cl)c1C1=NOC(COC)C1. The van der Waals surface area contributed by atoms with E-state index in [1.165, 1.54) is 26.2 Å². The molecule has 1 saturated carbocycles. The van der Waals surface area contributed by atoms with Gasteiger partial charge in [0.2, 0.25) is 0 Å². The molecule has 1 aliphatic carbocycles. The van der Waals surface area contributed by atoms with Crippen LogP contribution in [0.15, 0.2) is 22.2 Å². The second-order valence-electron chi connectivity index (χ2n) is 7.21. The molecule has 1 aromatic rings. The van der Waals surface area contributed by atoms with Gasteiger partial charge < -0.3 is 9.57 Å². The van der Waals surface area contributed by atoms with Gasteiger partial charge in [-0.2, -0.15) is 0 Å². The summed E-state index contributed by atoms with van der Waals surface area (Å²) in [5.74, 6) is -3.19. The number of benzene rings is 1. The fourth-order valence-electron chi connectivity index (χ4n) is 3.64. The van der Waals surface area contributed by atoms with Crippen molar-refractivity contribution in [3.8, 4) is 0 Å². The molecule has 30 heavy (non-hydrogen) atoms. The van der Waals surface area contributed by atoms with Gasteiger partial charge in [0.15, 0.2) is 33.3 Å². The van der Waals surface area contributed by atoms with E-state index in [1.807, 2.05) is 0 Å². The fraction of sp³-hybridized carbons (Fsp3) is 0.500. The van der Waals surface area contributed by atoms with Gasteiger partial charge in [-0.1, -0.05) is 23.7 Å². The lowest BCUT2D eigenvalue weighted by atomic mass is 9.81. The Hall–Kier alpha value is -2.10. The molecule has 0 spiro atoms. The van der Waals surface area contributed by atoms with Crippen LogP contribution in [-0.2, 0) is 29.0 Å². The number of nitrogens with zero attached hydrogens (tertiary/aromatic N) is 1. The smallest absolute Gasteiger partial charge is 0.182 e. The molecule has 8 nitrogen and oxygen atoms in total. The summed E-state index contributed by atoms with van der Waals surface area (Å²) in [5, 5.41) is 3.81. The largest absolute Gasteiger partial charge is 0.389 e. The van der Waals surface area contributed by atoms with E-state index in [9.17, 15) is 22.8 Å². The van der Waals surface area contributed by atoms with E-state index in [4.69, 9.17) is 21.2 Å². The highest BCUT2D eigenvalue weighted by Gasteiger charge is 2.39. The minimum atomic E-state index is -3.70. The van der Waals surface area contributed by atoms with Crippen molar-refractivity contribution in [2.24, 2.45) is 11.1 Å². The third kappa shape index (κ3) is 4.19. The zero-order chi connectivity index (χ0) is 22.1. The first-order valence-corrected chi connectivity index (χ1v) is 11.6. The third-order valence-electron chi connectivity index (χ3n) is 5.21. The molecule has 1 atom stereocenters. The summed E-state index contributed by atoms with van der Waals surface area (Å²) in [5.41, 5.74) is 0.261. The van der Waals surface area contributed by atoms with Crippen molar-refractivity contribution in [1.82, 2.24) is 0 Å². The van der Waals surface area contributed by atoms with Crippen molar-refractivity contribution in [2.75, 3.05) is 19.5 Å². The zero-order valence-corrected chi connectivity index (χ0v) is 18.2. The van der Waals surface area contributed by atoms with E-state index in [0.29, 0.717) is 6.42 Å². The molecular weight excluding hydrogens is 434 g/mol. The number of Topliss-reactive ketones (excluding diaryl/α,β-unsaturated/α-hetero) is 3. The van der Waals surface area contributed by atoms with Crippen molar-refractivity contribution in [1.29, 1.82) is 0 Å². The Labute approximate surface area is 179 Å². The maximum absolute atomic E-state index is 13.0. The first kappa shape index (κ1) is 22.6. The summed E-state index contributed by atoms with van der Waals surface area (Å²) in [4.78, 5) is 42.7. The van der Waals surface area contributed by atoms with Crippen LogP contribution in [0.25, 0.3) is 0 Å². The van der Waals surface area contributed by atoms with Crippen LogP contribution >= 0.6 is 11.6 Å². The molecule has 0 N–H and O–H groups in total. The maximum Gasteiger partial charge on any atom is 0.182 e. The van der Waals surface area contributed by atoms with Crippen LogP contribution in [0.5, 0.6) is 0 Å². The second kappa shape index (κ2) is 8.95. The van der Waals surface area contributed by atoms with E-state index < -0.39 is 39.2 Å². The van der Waals surface area contributed by atoms with E-state index in [-0.39, 0.29) is 58.4 Å². The van der Waals surface area contributed by atoms with Crippen LogP contribution in [0.1, 0.15) is 48.5 Å². The predicted molar refractivity (Wildman–Crippen MR) is 109 cm³/mol. The quantitative estimate of drug-likeness (QED) is 0.457. The highest BCUT2D eigenvalue weighted by Crippen LogP contribution is 2.34. The minimum Gasteiger partial charge on any atom is -0.389 e. The molecule has 2 aliphatic rings. The normalized spacial score (nSPS) is 20.2. The molecule has 0 amide bonds. The van der Waals surface area contributed by atoms with Gasteiger partial charge in [0.05, 0.1) is 28.0 Å². The number of methoxy groups -OCH3 is 1. The van der Waals surface area contributed by atoms with E-state index >= 15 is 0 Å². The molecule has 0 radical (unpaired) electrons. The van der Waals surface area contributed by atoms with Gasteiger partial charge in [-0.15, -0.1) is 0 Å². The molecule has 1 fully saturated rings. The van der Waals surface area contributed by atoms with Gasteiger partial charge in [0, 0.05) is 37.5 Å². The molecule has 1 aromatic carbocycles. The summed E-state index contributed by atoms with van der Waals surface area (Å²) in [6.45, 7) is 1.73. The maximum atomic E-state index is 13.0. The zero-order valence-electron chi connectivity index (χ0n) is 16.6. The van der Waals surface area contributed by atoms with E-state index in [0.717, 1.165) is 0 Å². The van der Waals surface area contributed by atoms with Crippen molar-refractivity contribution in [3.05, 3.63) is 28.3 Å². The first-order chi connectivity index (χ1) is 14.2. The van der Waals surface area contributed by atoms with Crippen LogP contribution in [0.2, 0.25) is 5.02 Å². The number of hydrogen-bond donors (Lipinski definition) is 0. The van der Waals surface area contributed by atoms with Gasteiger partial charge in [-0.3, -0.25) is 14.4 Å². The van der Waals surface area contributed by atoms with Gasteiger partial charge in [0.25, 0.3) is 0 Å². The van der Waals surface area contributed by atoms with Gasteiger partial charge in [-0.05, 0) is 18.6 Å². The molecule has 0 saturated heterocycles. The van der Waals surface area contributed by atoms with Crippen LogP contribution in [-0.4, -0.2) is 57.1 Å². The van der Waals surface area contributed by atoms with E-state index in [1.54, 1.807) is 0 Å². The molecular formula is C20H22ClNO7S. The Morgan fingerprint density at radius 3 is 2.53 bits per heavy atom. The van der Waals surface area contributed by atoms with Gasteiger partial charge in [-0.25, -0.2) is 8.42 Å². The Morgan fingerprint density at radius 1 is 1.27 bits per heavy atom. The van der Waals surface area contributed by atoms with E-state index in [2.05, 4.69) is 5.16 Å². The molecule has 162 valence electrons. The number of rotatable bonds is 7. The molecule has 10 heteroatoms. The molecule has 1 unspecified atom stereocenters. The third-order valence-corrected chi connectivity index (χ3v) is 7.37. The standard InChI is InChI=1S/C20H22ClNO7S/c1-3-30(26,27)16-8-7-12(20(25)18-14(23)5-4-6-15(18)24)19(21)17(16)13-9-11(10-28-2)29-22-13/h7-8,11,18H,3-6,9-10H2,1-2H3. The summed E-state index contributed by atoms with van der Waals surface area (Å²) < 4.78 is 30.4. The van der Waals surface area contributed by atoms with Crippen LogP contribution in [0, 0.1) is 5.92 Å². The number of carbonyl (C=O) groups is 3. The van der Waals surface area contributed by atoms with Crippen molar-refractivity contribution < 1.29 is 32.4 Å². The number of hydrogen-bond acceptors (Lipinski definition) is 8. The van der Waals surface area contributed by atoms with Crippen molar-refractivity contribution >= 4 is 44.5 Å². The summed E-state index contributed by atoms with van der Waals surface area (Å²) in [6.07, 6.45) is 0.531. The molecule has 1 aliphatic heterocycles. The monoisotopic (exact) mass is 455 g/mol. The first-order valence-electron chi connectivity index (χ1n) is 9.58. The Bertz CT molecular complexity index is 1020. The molecule has 0 aromatic heterocycles. The number of sulfone groups is 1. The number of carbonyl (C=O) groups excluding carboxylic acids is 3. The second-order valence-corrected chi connectivity index (χ2v) is 9.84. The Balaban J connectivity index is 2.11. The summed E-state index contributed by atoms with van der Waals surface area (Å²) >= 11 is 6.52. The van der Waals surface area contributed by atoms with Crippen LogP contribution in [0.3, 0.4) is 0 Å². The predicted octanol–water partition coefficient (Wildman–Crippen LogP) is 2.39.